The highest BCUT2D eigenvalue weighted by Crippen LogP contribution is 2.31. The second kappa shape index (κ2) is 4.72. The Bertz CT molecular complexity index is 334. The van der Waals surface area contributed by atoms with E-state index in [2.05, 4.69) is 17.4 Å². The van der Waals surface area contributed by atoms with E-state index in [0.29, 0.717) is 0 Å². The Morgan fingerprint density at radius 3 is 2.73 bits per heavy atom. The molecule has 0 bridgehead atoms. The van der Waals surface area contributed by atoms with E-state index in [9.17, 15) is 13.2 Å². The van der Waals surface area contributed by atoms with Crippen LogP contribution in [0.15, 0.2) is 30.9 Å². The SMILES string of the molecule is C=CCOc1cc[c]cc1OC(F)(F)F. The van der Waals surface area contributed by atoms with Gasteiger partial charge in [-0.15, -0.1) is 13.2 Å². The van der Waals surface area contributed by atoms with Crippen molar-refractivity contribution in [3.05, 3.63) is 36.9 Å². The van der Waals surface area contributed by atoms with Crippen molar-refractivity contribution in [3.8, 4) is 11.5 Å². The van der Waals surface area contributed by atoms with E-state index < -0.39 is 12.1 Å². The highest BCUT2D eigenvalue weighted by atomic mass is 19.4. The van der Waals surface area contributed by atoms with Gasteiger partial charge in [-0.2, -0.15) is 0 Å². The molecule has 0 aliphatic rings. The average Bonchev–Trinajstić information content (AvgIpc) is 2.14. The molecule has 5 heteroatoms. The zero-order valence-corrected chi connectivity index (χ0v) is 7.67. The van der Waals surface area contributed by atoms with Gasteiger partial charge in [-0.05, 0) is 18.2 Å². The van der Waals surface area contributed by atoms with Crippen molar-refractivity contribution in [2.75, 3.05) is 6.61 Å². The van der Waals surface area contributed by atoms with Gasteiger partial charge in [0.05, 0.1) is 0 Å². The lowest BCUT2D eigenvalue weighted by molar-refractivity contribution is -0.275. The Balaban J connectivity index is 2.81. The van der Waals surface area contributed by atoms with Crippen LogP contribution in [0, 0.1) is 6.07 Å². The highest BCUT2D eigenvalue weighted by Gasteiger charge is 2.32. The molecular weight excluding hydrogens is 209 g/mol. The molecule has 0 unspecified atom stereocenters. The van der Waals surface area contributed by atoms with Crippen LogP contribution in [-0.4, -0.2) is 13.0 Å². The number of rotatable bonds is 4. The lowest BCUT2D eigenvalue weighted by Crippen LogP contribution is -2.17. The number of benzene rings is 1. The summed E-state index contributed by atoms with van der Waals surface area (Å²) in [7, 11) is 0. The molecule has 1 aromatic carbocycles. The van der Waals surface area contributed by atoms with Gasteiger partial charge < -0.3 is 9.47 Å². The summed E-state index contributed by atoms with van der Waals surface area (Å²) in [5.41, 5.74) is 0. The van der Waals surface area contributed by atoms with Gasteiger partial charge in [-0.3, -0.25) is 0 Å². The molecule has 0 amide bonds. The van der Waals surface area contributed by atoms with Crippen molar-refractivity contribution in [1.82, 2.24) is 0 Å². The van der Waals surface area contributed by atoms with Gasteiger partial charge in [0.1, 0.15) is 6.61 Å². The summed E-state index contributed by atoms with van der Waals surface area (Å²) < 4.78 is 44.5. The quantitative estimate of drug-likeness (QED) is 0.722. The molecule has 0 N–H and O–H groups in total. The Kier molecular flexibility index (Phi) is 3.60. The van der Waals surface area contributed by atoms with Crippen molar-refractivity contribution in [3.63, 3.8) is 0 Å². The van der Waals surface area contributed by atoms with Crippen molar-refractivity contribution < 1.29 is 22.6 Å². The molecule has 0 spiro atoms. The molecule has 15 heavy (non-hydrogen) atoms. The molecule has 1 rings (SSSR count). The van der Waals surface area contributed by atoms with Crippen molar-refractivity contribution in [1.29, 1.82) is 0 Å². The standard InChI is InChI=1S/C10H8F3O2/c1-2-7-14-8-5-3-4-6-9(8)15-10(11,12)13/h2-3,5-6H,1,7H2. The molecule has 0 fully saturated rings. The maximum Gasteiger partial charge on any atom is 0.573 e. The first kappa shape index (κ1) is 11.4. The van der Waals surface area contributed by atoms with Crippen LogP contribution in [-0.2, 0) is 0 Å². The molecule has 0 aromatic heterocycles. The second-order valence-electron chi connectivity index (χ2n) is 2.52. The Labute approximate surface area is 84.9 Å². The summed E-state index contributed by atoms with van der Waals surface area (Å²) in [4.78, 5) is 0. The maximum absolute atomic E-state index is 11.9. The Hall–Kier alpha value is -1.65. The zero-order valence-electron chi connectivity index (χ0n) is 7.67. The van der Waals surface area contributed by atoms with E-state index in [-0.39, 0.29) is 12.4 Å². The molecule has 0 saturated heterocycles. The van der Waals surface area contributed by atoms with Crippen molar-refractivity contribution >= 4 is 0 Å². The minimum absolute atomic E-state index is 0.00553. The number of ether oxygens (including phenoxy) is 2. The van der Waals surface area contributed by atoms with Gasteiger partial charge >= 0.3 is 6.36 Å². The zero-order chi connectivity index (χ0) is 11.3. The minimum atomic E-state index is -4.73. The largest absolute Gasteiger partial charge is 0.573 e. The summed E-state index contributed by atoms with van der Waals surface area (Å²) in [6.45, 7) is 3.49. The first-order valence-electron chi connectivity index (χ1n) is 4.02. The fourth-order valence-electron chi connectivity index (χ4n) is 0.873. The molecule has 2 nitrogen and oxygen atoms in total. The molecule has 0 heterocycles. The average molecular weight is 217 g/mol. The molecule has 0 saturated carbocycles. The lowest BCUT2D eigenvalue weighted by Gasteiger charge is -2.12. The number of halogens is 3. The van der Waals surface area contributed by atoms with E-state index in [4.69, 9.17) is 4.74 Å². The van der Waals surface area contributed by atoms with Crippen molar-refractivity contribution in [2.24, 2.45) is 0 Å². The van der Waals surface area contributed by atoms with Crippen LogP contribution in [0.1, 0.15) is 0 Å². The fourth-order valence-corrected chi connectivity index (χ4v) is 0.873. The monoisotopic (exact) mass is 217 g/mol. The van der Waals surface area contributed by atoms with Crippen LogP contribution in [0.5, 0.6) is 11.5 Å². The first-order valence-corrected chi connectivity index (χ1v) is 4.02. The molecule has 0 aliphatic heterocycles. The first-order chi connectivity index (χ1) is 7.03. The molecule has 1 aromatic rings. The normalized spacial score (nSPS) is 10.9. The third-order valence-corrected chi connectivity index (χ3v) is 1.37. The topological polar surface area (TPSA) is 18.5 Å². The Morgan fingerprint density at radius 1 is 1.40 bits per heavy atom. The number of alkyl halides is 3. The lowest BCUT2D eigenvalue weighted by atomic mass is 10.3. The van der Waals surface area contributed by atoms with Crippen LogP contribution in [0.25, 0.3) is 0 Å². The second-order valence-corrected chi connectivity index (χ2v) is 2.52. The summed E-state index contributed by atoms with van der Waals surface area (Å²) in [5, 5.41) is 0. The summed E-state index contributed by atoms with van der Waals surface area (Å²) in [6.07, 6.45) is -3.31. The van der Waals surface area contributed by atoms with Gasteiger partial charge in [0.25, 0.3) is 0 Å². The smallest absolute Gasteiger partial charge is 0.486 e. The number of hydrogen-bond acceptors (Lipinski definition) is 2. The van der Waals surface area contributed by atoms with Crippen molar-refractivity contribution in [2.45, 2.75) is 6.36 Å². The predicted molar refractivity (Wildman–Crippen MR) is 47.7 cm³/mol. The fraction of sp³-hybridized carbons (Fsp3) is 0.200. The van der Waals surface area contributed by atoms with E-state index >= 15 is 0 Å². The number of hydrogen-bond donors (Lipinski definition) is 0. The Morgan fingerprint density at radius 2 is 2.13 bits per heavy atom. The molecule has 0 aliphatic carbocycles. The van der Waals surface area contributed by atoms with E-state index in [1.807, 2.05) is 0 Å². The van der Waals surface area contributed by atoms with Crippen LogP contribution >= 0.6 is 0 Å². The summed E-state index contributed by atoms with van der Waals surface area (Å²) >= 11 is 0. The van der Waals surface area contributed by atoms with Gasteiger partial charge in [0, 0.05) is 0 Å². The van der Waals surface area contributed by atoms with E-state index in [1.54, 1.807) is 0 Å². The minimum Gasteiger partial charge on any atom is -0.486 e. The third-order valence-electron chi connectivity index (χ3n) is 1.37. The van der Waals surface area contributed by atoms with Crippen LogP contribution in [0.4, 0.5) is 13.2 Å². The van der Waals surface area contributed by atoms with Crippen LogP contribution in [0.2, 0.25) is 0 Å². The van der Waals surface area contributed by atoms with Gasteiger partial charge in [0.15, 0.2) is 11.5 Å². The van der Waals surface area contributed by atoms with E-state index in [0.717, 1.165) is 6.07 Å². The molecule has 81 valence electrons. The highest BCUT2D eigenvalue weighted by molar-refractivity contribution is 5.39. The molecule has 0 atom stereocenters. The molecule has 1 radical (unpaired) electrons. The van der Waals surface area contributed by atoms with E-state index in [1.165, 1.54) is 18.2 Å². The van der Waals surface area contributed by atoms with Gasteiger partial charge in [0.2, 0.25) is 0 Å². The third kappa shape index (κ3) is 3.93. The summed E-state index contributed by atoms with van der Waals surface area (Å²) in [5.74, 6) is -0.405. The van der Waals surface area contributed by atoms with Gasteiger partial charge in [-0.1, -0.05) is 18.7 Å². The van der Waals surface area contributed by atoms with Crippen LogP contribution < -0.4 is 9.47 Å². The van der Waals surface area contributed by atoms with Gasteiger partial charge in [-0.25, -0.2) is 0 Å². The summed E-state index contributed by atoms with van der Waals surface area (Å²) in [6, 6.07) is 6.30. The molecular formula is C10H8F3O2. The van der Waals surface area contributed by atoms with Crippen LogP contribution in [0.3, 0.4) is 0 Å². The predicted octanol–water partition coefficient (Wildman–Crippen LogP) is 2.95. The maximum atomic E-state index is 11.9.